The molecule has 0 amide bonds. The lowest BCUT2D eigenvalue weighted by atomic mass is 9.96. The highest BCUT2D eigenvalue weighted by atomic mass is 35.5. The number of carbonyl (C=O) groups excluding carboxylic acids is 1. The van der Waals surface area contributed by atoms with E-state index in [-0.39, 0.29) is 11.8 Å². The Hall–Kier alpha value is -2.47. The minimum Gasteiger partial charge on any atom is -0.497 e. The molecule has 0 spiro atoms. The van der Waals surface area contributed by atoms with E-state index >= 15 is 0 Å². The van der Waals surface area contributed by atoms with Gasteiger partial charge in [0, 0.05) is 28.2 Å². The number of fused-ring (bicyclic) bond motifs is 1. The highest BCUT2D eigenvalue weighted by molar-refractivity contribution is 6.30. The number of halogens is 4. The van der Waals surface area contributed by atoms with Gasteiger partial charge in [0.15, 0.2) is 0 Å². The van der Waals surface area contributed by atoms with Crippen molar-refractivity contribution >= 4 is 28.8 Å². The van der Waals surface area contributed by atoms with Crippen molar-refractivity contribution in [2.45, 2.75) is 25.6 Å². The van der Waals surface area contributed by atoms with Crippen LogP contribution in [0.2, 0.25) is 5.02 Å². The van der Waals surface area contributed by atoms with Crippen LogP contribution in [0.3, 0.4) is 0 Å². The van der Waals surface area contributed by atoms with Crippen LogP contribution < -0.4 is 4.74 Å². The zero-order valence-electron chi connectivity index (χ0n) is 14.7. The van der Waals surface area contributed by atoms with E-state index in [0.29, 0.717) is 33.9 Å². The second kappa shape index (κ2) is 7.27. The Bertz CT molecular complexity index is 978. The first-order chi connectivity index (χ1) is 12.8. The predicted molar refractivity (Wildman–Crippen MR) is 98.6 cm³/mol. The number of hydrogen-bond donors (Lipinski definition) is 0. The summed E-state index contributed by atoms with van der Waals surface area (Å²) in [6.45, 7) is 1.95. The number of aldehydes is 1. The van der Waals surface area contributed by atoms with Crippen molar-refractivity contribution in [1.29, 1.82) is 0 Å². The summed E-state index contributed by atoms with van der Waals surface area (Å²) in [5.41, 5.74) is 1.84. The van der Waals surface area contributed by atoms with E-state index in [9.17, 15) is 18.0 Å². The molecule has 0 saturated heterocycles. The quantitative estimate of drug-likeness (QED) is 0.534. The van der Waals surface area contributed by atoms with Crippen LogP contribution in [0, 0.1) is 6.92 Å². The van der Waals surface area contributed by atoms with Gasteiger partial charge in [-0.25, -0.2) is 0 Å². The second-order valence-electron chi connectivity index (χ2n) is 6.25. The van der Waals surface area contributed by atoms with Crippen molar-refractivity contribution in [1.82, 2.24) is 4.57 Å². The molecular weight excluding hydrogens is 379 g/mol. The third kappa shape index (κ3) is 3.67. The van der Waals surface area contributed by atoms with Crippen LogP contribution in [0.5, 0.6) is 5.75 Å². The number of benzene rings is 2. The monoisotopic (exact) mass is 395 g/mol. The van der Waals surface area contributed by atoms with Gasteiger partial charge < -0.3 is 14.1 Å². The summed E-state index contributed by atoms with van der Waals surface area (Å²) < 4.78 is 47.4. The van der Waals surface area contributed by atoms with Crippen molar-refractivity contribution < 1.29 is 22.7 Å². The Labute approximate surface area is 159 Å². The minimum atomic E-state index is -4.67. The summed E-state index contributed by atoms with van der Waals surface area (Å²) in [4.78, 5) is 11.3. The molecule has 7 heteroatoms. The Morgan fingerprint density at radius 1 is 1.19 bits per heavy atom. The summed E-state index contributed by atoms with van der Waals surface area (Å²) >= 11 is 5.90. The molecule has 0 radical (unpaired) electrons. The molecule has 0 saturated carbocycles. The lowest BCUT2D eigenvalue weighted by molar-refractivity contribution is -0.155. The smallest absolute Gasteiger partial charge is 0.402 e. The summed E-state index contributed by atoms with van der Waals surface area (Å²) in [7, 11) is 1.44. The number of hydrogen-bond acceptors (Lipinski definition) is 2. The van der Waals surface area contributed by atoms with E-state index < -0.39 is 12.1 Å². The number of nitrogens with zero attached hydrogens (tertiary/aromatic N) is 1. The number of methoxy groups -OCH3 is 1. The lowest BCUT2D eigenvalue weighted by Gasteiger charge is -2.16. The molecule has 1 atom stereocenters. The summed E-state index contributed by atoms with van der Waals surface area (Å²) in [5.74, 6) is -1.77. The fourth-order valence-corrected chi connectivity index (χ4v) is 3.42. The maximum absolute atomic E-state index is 13.5. The fraction of sp³-hybridized carbons (Fsp3) is 0.250. The van der Waals surface area contributed by atoms with Crippen LogP contribution in [-0.4, -0.2) is 24.1 Å². The first-order valence-corrected chi connectivity index (χ1v) is 8.57. The van der Waals surface area contributed by atoms with Gasteiger partial charge in [-0.3, -0.25) is 0 Å². The van der Waals surface area contributed by atoms with Crippen LogP contribution in [0.1, 0.15) is 22.7 Å². The Morgan fingerprint density at radius 2 is 1.85 bits per heavy atom. The standard InChI is InChI=1S/C20H17ClF3NO2/c1-12-19(17(11-26)20(22,23)24)16-9-15(27-2)7-8-18(16)25(12)10-13-3-5-14(21)6-4-13/h3-9,11,17H,10H2,1-2H3. The minimum absolute atomic E-state index is 0.0413. The zero-order valence-corrected chi connectivity index (χ0v) is 15.4. The van der Waals surface area contributed by atoms with Gasteiger partial charge >= 0.3 is 6.18 Å². The van der Waals surface area contributed by atoms with Crippen molar-refractivity contribution in [3.63, 3.8) is 0 Å². The van der Waals surface area contributed by atoms with E-state index in [4.69, 9.17) is 16.3 Å². The molecule has 0 bridgehead atoms. The highest BCUT2D eigenvalue weighted by Crippen LogP contribution is 2.41. The molecule has 3 aromatic rings. The lowest BCUT2D eigenvalue weighted by Crippen LogP contribution is -2.22. The molecule has 3 nitrogen and oxygen atoms in total. The SMILES string of the molecule is COc1ccc2c(c1)c(C(C=O)C(F)(F)F)c(C)n2Cc1ccc(Cl)cc1. The summed E-state index contributed by atoms with van der Waals surface area (Å²) in [5, 5.41) is 0.937. The van der Waals surface area contributed by atoms with E-state index in [1.165, 1.54) is 13.2 Å². The number of carbonyl (C=O) groups is 1. The third-order valence-electron chi connectivity index (χ3n) is 4.63. The number of rotatable bonds is 5. The molecule has 0 fully saturated rings. The van der Waals surface area contributed by atoms with E-state index in [2.05, 4.69) is 0 Å². The van der Waals surface area contributed by atoms with Gasteiger partial charge in [-0.2, -0.15) is 13.2 Å². The van der Waals surface area contributed by atoms with Gasteiger partial charge in [0.25, 0.3) is 0 Å². The first kappa shape index (κ1) is 19.3. The van der Waals surface area contributed by atoms with E-state index in [0.717, 1.165) is 5.56 Å². The molecular formula is C20H17ClF3NO2. The molecule has 1 unspecified atom stereocenters. The number of aromatic nitrogens is 1. The summed E-state index contributed by atoms with van der Waals surface area (Å²) in [6.07, 6.45) is -4.72. The molecule has 142 valence electrons. The Balaban J connectivity index is 2.23. The van der Waals surface area contributed by atoms with Gasteiger partial charge in [-0.1, -0.05) is 23.7 Å². The molecule has 0 aliphatic carbocycles. The van der Waals surface area contributed by atoms with Gasteiger partial charge in [0.05, 0.1) is 7.11 Å². The van der Waals surface area contributed by atoms with Crippen LogP contribution in [-0.2, 0) is 11.3 Å². The topological polar surface area (TPSA) is 31.2 Å². The Morgan fingerprint density at radius 3 is 2.41 bits per heavy atom. The molecule has 1 heterocycles. The van der Waals surface area contributed by atoms with Gasteiger partial charge in [0.1, 0.15) is 18.0 Å². The fourth-order valence-electron chi connectivity index (χ4n) is 3.29. The molecule has 2 aromatic carbocycles. The van der Waals surface area contributed by atoms with Gasteiger partial charge in [-0.15, -0.1) is 0 Å². The van der Waals surface area contributed by atoms with Crippen LogP contribution >= 0.6 is 11.6 Å². The molecule has 0 aliphatic rings. The maximum atomic E-state index is 13.5. The molecule has 0 aliphatic heterocycles. The van der Waals surface area contributed by atoms with Crippen LogP contribution in [0.25, 0.3) is 10.9 Å². The molecule has 27 heavy (non-hydrogen) atoms. The first-order valence-electron chi connectivity index (χ1n) is 8.19. The molecule has 3 rings (SSSR count). The van der Waals surface area contributed by atoms with Crippen LogP contribution in [0.15, 0.2) is 42.5 Å². The van der Waals surface area contributed by atoms with Crippen molar-refractivity contribution in [3.8, 4) is 5.75 Å². The molecule has 1 aromatic heterocycles. The highest BCUT2D eigenvalue weighted by Gasteiger charge is 2.43. The predicted octanol–water partition coefficient (Wildman–Crippen LogP) is 5.50. The average Bonchev–Trinajstić information content (AvgIpc) is 2.88. The molecule has 0 N–H and O–H groups in total. The third-order valence-corrected chi connectivity index (χ3v) is 4.89. The largest absolute Gasteiger partial charge is 0.497 e. The van der Waals surface area contributed by atoms with Gasteiger partial charge in [-0.05, 0) is 48.4 Å². The van der Waals surface area contributed by atoms with Crippen molar-refractivity contribution in [3.05, 3.63) is 64.3 Å². The second-order valence-corrected chi connectivity index (χ2v) is 6.69. The van der Waals surface area contributed by atoms with Gasteiger partial charge in [0.2, 0.25) is 0 Å². The number of alkyl halides is 3. The normalized spacial score (nSPS) is 13.0. The van der Waals surface area contributed by atoms with E-state index in [1.54, 1.807) is 35.8 Å². The maximum Gasteiger partial charge on any atom is 0.402 e. The van der Waals surface area contributed by atoms with E-state index in [1.807, 2.05) is 12.1 Å². The van der Waals surface area contributed by atoms with Crippen molar-refractivity contribution in [2.75, 3.05) is 7.11 Å². The summed E-state index contributed by atoms with van der Waals surface area (Å²) in [6, 6.07) is 12.0. The van der Waals surface area contributed by atoms with Crippen LogP contribution in [0.4, 0.5) is 13.2 Å². The Kier molecular flexibility index (Phi) is 5.20. The van der Waals surface area contributed by atoms with Crippen molar-refractivity contribution in [2.24, 2.45) is 0 Å². The zero-order chi connectivity index (χ0) is 19.8. The average molecular weight is 396 g/mol. The number of ether oxygens (including phenoxy) is 1.